The van der Waals surface area contributed by atoms with Gasteiger partial charge in [-0.05, 0) is 29.8 Å². The second-order valence-corrected chi connectivity index (χ2v) is 5.63. The Morgan fingerprint density at radius 3 is 2.33 bits per heavy atom. The molecule has 0 aliphatic rings. The molecular formula is C15H13Cl3N2O. The molecule has 0 fully saturated rings. The van der Waals surface area contributed by atoms with Gasteiger partial charge in [-0.2, -0.15) is 0 Å². The molecule has 2 N–H and O–H groups in total. The number of halogens is 3. The summed E-state index contributed by atoms with van der Waals surface area (Å²) in [6.07, 6.45) is 0. The minimum atomic E-state index is -0.216. The molecule has 2 aromatic rings. The number of hydrogen-bond acceptors (Lipinski definition) is 2. The van der Waals surface area contributed by atoms with Crippen LogP contribution in [0.25, 0.3) is 0 Å². The van der Waals surface area contributed by atoms with Crippen molar-refractivity contribution in [3.8, 4) is 0 Å². The third-order valence-corrected chi connectivity index (χ3v) is 3.60. The lowest BCUT2D eigenvalue weighted by atomic mass is 10.2. The monoisotopic (exact) mass is 342 g/mol. The van der Waals surface area contributed by atoms with Crippen LogP contribution in [-0.4, -0.2) is 12.5 Å². The van der Waals surface area contributed by atoms with E-state index in [1.807, 2.05) is 18.2 Å². The minimum absolute atomic E-state index is 0.147. The van der Waals surface area contributed by atoms with Gasteiger partial charge in [0.25, 0.3) is 0 Å². The summed E-state index contributed by atoms with van der Waals surface area (Å²) in [6.45, 7) is 0.693. The largest absolute Gasteiger partial charge is 0.322 e. The van der Waals surface area contributed by atoms with E-state index in [4.69, 9.17) is 34.8 Å². The van der Waals surface area contributed by atoms with Crippen molar-refractivity contribution >= 4 is 46.4 Å². The summed E-state index contributed by atoms with van der Waals surface area (Å²) in [7, 11) is 0. The first kappa shape index (κ1) is 16.1. The van der Waals surface area contributed by atoms with Crippen molar-refractivity contribution in [2.45, 2.75) is 6.54 Å². The van der Waals surface area contributed by atoms with Gasteiger partial charge in [0, 0.05) is 11.6 Å². The first-order chi connectivity index (χ1) is 10.1. The number of hydrogen-bond donors (Lipinski definition) is 2. The molecule has 1 amide bonds. The number of amides is 1. The van der Waals surface area contributed by atoms with Crippen LogP contribution in [0.5, 0.6) is 0 Å². The third-order valence-electron chi connectivity index (χ3n) is 2.73. The molecule has 0 radical (unpaired) electrons. The molecule has 0 atom stereocenters. The van der Waals surface area contributed by atoms with E-state index >= 15 is 0 Å². The zero-order chi connectivity index (χ0) is 15.2. The van der Waals surface area contributed by atoms with Gasteiger partial charge in [0.15, 0.2) is 0 Å². The van der Waals surface area contributed by atoms with Crippen LogP contribution in [-0.2, 0) is 11.3 Å². The summed E-state index contributed by atoms with van der Waals surface area (Å²) >= 11 is 17.9. The highest BCUT2D eigenvalue weighted by Gasteiger charge is 2.09. The molecule has 110 valence electrons. The zero-order valence-electron chi connectivity index (χ0n) is 11.0. The second-order valence-electron chi connectivity index (χ2n) is 4.38. The van der Waals surface area contributed by atoms with Crippen LogP contribution in [0, 0.1) is 0 Å². The smallest absolute Gasteiger partial charge is 0.238 e. The maximum atomic E-state index is 11.9. The SMILES string of the molecule is O=C(CNCc1cccc(Cl)c1)Nc1c(Cl)cccc1Cl. The third kappa shape index (κ3) is 4.90. The van der Waals surface area contributed by atoms with Gasteiger partial charge >= 0.3 is 0 Å². The molecule has 3 nitrogen and oxygen atoms in total. The number of carbonyl (C=O) groups is 1. The Morgan fingerprint density at radius 2 is 1.67 bits per heavy atom. The van der Waals surface area contributed by atoms with E-state index < -0.39 is 0 Å². The minimum Gasteiger partial charge on any atom is -0.322 e. The standard InChI is InChI=1S/C15H13Cl3N2O/c16-11-4-1-3-10(7-11)8-19-9-14(21)20-15-12(17)5-2-6-13(15)18/h1-7,19H,8-9H2,(H,20,21). The van der Waals surface area contributed by atoms with Crippen LogP contribution in [0.2, 0.25) is 15.1 Å². The predicted molar refractivity (Wildman–Crippen MR) is 88.3 cm³/mol. The van der Waals surface area contributed by atoms with Crippen molar-refractivity contribution in [2.75, 3.05) is 11.9 Å². The summed E-state index contributed by atoms with van der Waals surface area (Å²) in [5, 5.41) is 7.20. The van der Waals surface area contributed by atoms with Gasteiger partial charge in [0.05, 0.1) is 22.3 Å². The van der Waals surface area contributed by atoms with Crippen LogP contribution in [0.3, 0.4) is 0 Å². The van der Waals surface area contributed by atoms with Gasteiger partial charge in [-0.25, -0.2) is 0 Å². The summed E-state index contributed by atoms with van der Waals surface area (Å²) in [5.41, 5.74) is 1.43. The second kappa shape index (κ2) is 7.66. The highest BCUT2D eigenvalue weighted by Crippen LogP contribution is 2.29. The topological polar surface area (TPSA) is 41.1 Å². The highest BCUT2D eigenvalue weighted by molar-refractivity contribution is 6.39. The maximum Gasteiger partial charge on any atom is 0.238 e. The molecule has 0 saturated heterocycles. The maximum absolute atomic E-state index is 11.9. The average Bonchev–Trinajstić information content (AvgIpc) is 2.43. The van der Waals surface area contributed by atoms with E-state index in [2.05, 4.69) is 10.6 Å². The van der Waals surface area contributed by atoms with Gasteiger partial charge in [-0.15, -0.1) is 0 Å². The van der Waals surface area contributed by atoms with Crippen LogP contribution >= 0.6 is 34.8 Å². The Hall–Kier alpha value is -1.26. The summed E-state index contributed by atoms with van der Waals surface area (Å²) in [6, 6.07) is 12.5. The number of para-hydroxylation sites is 1. The van der Waals surface area contributed by atoms with Crippen molar-refractivity contribution in [2.24, 2.45) is 0 Å². The van der Waals surface area contributed by atoms with E-state index in [9.17, 15) is 4.79 Å². The molecule has 0 saturated carbocycles. The summed E-state index contributed by atoms with van der Waals surface area (Å²) in [4.78, 5) is 11.9. The van der Waals surface area contributed by atoms with E-state index in [1.165, 1.54) is 0 Å². The number of carbonyl (C=O) groups excluding carboxylic acids is 1. The van der Waals surface area contributed by atoms with E-state index in [0.717, 1.165) is 5.56 Å². The molecular weight excluding hydrogens is 331 g/mol. The van der Waals surface area contributed by atoms with Gasteiger partial charge in [0.2, 0.25) is 5.91 Å². The molecule has 2 aromatic carbocycles. The van der Waals surface area contributed by atoms with Crippen LogP contribution < -0.4 is 10.6 Å². The fraction of sp³-hybridized carbons (Fsp3) is 0.133. The Morgan fingerprint density at radius 1 is 1.00 bits per heavy atom. The van der Waals surface area contributed by atoms with E-state index in [1.54, 1.807) is 24.3 Å². The van der Waals surface area contributed by atoms with Crippen molar-refractivity contribution in [1.82, 2.24) is 5.32 Å². The fourth-order valence-corrected chi connectivity index (χ4v) is 2.47. The number of rotatable bonds is 5. The highest BCUT2D eigenvalue weighted by atomic mass is 35.5. The van der Waals surface area contributed by atoms with Crippen molar-refractivity contribution < 1.29 is 4.79 Å². The Labute approximate surface area is 138 Å². The van der Waals surface area contributed by atoms with Crippen molar-refractivity contribution in [1.29, 1.82) is 0 Å². The Kier molecular flexibility index (Phi) is 5.88. The average molecular weight is 344 g/mol. The fourth-order valence-electron chi connectivity index (χ4n) is 1.77. The van der Waals surface area contributed by atoms with Gasteiger partial charge < -0.3 is 10.6 Å². The molecule has 0 unspecified atom stereocenters. The molecule has 21 heavy (non-hydrogen) atoms. The van der Waals surface area contributed by atoms with Gasteiger partial charge in [0.1, 0.15) is 0 Å². The Balaban J connectivity index is 1.85. The predicted octanol–water partition coefficient (Wildman–Crippen LogP) is 4.38. The molecule has 0 aromatic heterocycles. The zero-order valence-corrected chi connectivity index (χ0v) is 13.3. The normalized spacial score (nSPS) is 10.4. The molecule has 0 aliphatic carbocycles. The summed E-state index contributed by atoms with van der Waals surface area (Å²) in [5.74, 6) is -0.216. The van der Waals surface area contributed by atoms with Gasteiger partial charge in [-0.1, -0.05) is 53.0 Å². The van der Waals surface area contributed by atoms with E-state index in [0.29, 0.717) is 27.3 Å². The molecule has 0 spiro atoms. The van der Waals surface area contributed by atoms with E-state index in [-0.39, 0.29) is 12.5 Å². The number of nitrogens with one attached hydrogen (secondary N) is 2. The lowest BCUT2D eigenvalue weighted by Gasteiger charge is -2.10. The molecule has 0 bridgehead atoms. The molecule has 2 rings (SSSR count). The first-order valence-electron chi connectivity index (χ1n) is 6.25. The molecule has 6 heteroatoms. The van der Waals surface area contributed by atoms with Crippen LogP contribution in [0.4, 0.5) is 5.69 Å². The lowest BCUT2D eigenvalue weighted by molar-refractivity contribution is -0.115. The lowest BCUT2D eigenvalue weighted by Crippen LogP contribution is -2.27. The number of anilines is 1. The molecule has 0 heterocycles. The Bertz CT molecular complexity index is 626. The van der Waals surface area contributed by atoms with Crippen molar-refractivity contribution in [3.05, 3.63) is 63.1 Å². The van der Waals surface area contributed by atoms with Gasteiger partial charge in [-0.3, -0.25) is 4.79 Å². The number of benzene rings is 2. The van der Waals surface area contributed by atoms with Crippen LogP contribution in [0.1, 0.15) is 5.56 Å². The van der Waals surface area contributed by atoms with Crippen molar-refractivity contribution in [3.63, 3.8) is 0 Å². The van der Waals surface area contributed by atoms with Crippen LogP contribution in [0.15, 0.2) is 42.5 Å². The summed E-state index contributed by atoms with van der Waals surface area (Å²) < 4.78 is 0. The molecule has 0 aliphatic heterocycles. The first-order valence-corrected chi connectivity index (χ1v) is 7.38. The quantitative estimate of drug-likeness (QED) is 0.846.